The number of hydrogen-bond donors (Lipinski definition) is 1. The van der Waals surface area contributed by atoms with Crippen LogP contribution in [0.2, 0.25) is 0 Å². The van der Waals surface area contributed by atoms with E-state index in [9.17, 15) is 18.4 Å². The molecule has 1 aromatic heterocycles. The van der Waals surface area contributed by atoms with Crippen molar-refractivity contribution in [2.75, 3.05) is 19.6 Å². The third kappa shape index (κ3) is 5.18. The molecule has 0 bridgehead atoms. The van der Waals surface area contributed by atoms with E-state index in [4.69, 9.17) is 0 Å². The van der Waals surface area contributed by atoms with Crippen molar-refractivity contribution in [2.24, 2.45) is 10.9 Å². The Morgan fingerprint density at radius 3 is 2.66 bits per heavy atom. The van der Waals surface area contributed by atoms with E-state index in [-0.39, 0.29) is 17.4 Å². The second-order valence-corrected chi connectivity index (χ2v) is 8.33. The molecule has 1 aromatic carbocycles. The molecule has 2 aromatic rings. The van der Waals surface area contributed by atoms with Gasteiger partial charge < -0.3 is 10.2 Å². The highest BCUT2D eigenvalue weighted by atomic mass is 19.2. The third-order valence-electron chi connectivity index (χ3n) is 6.12. The van der Waals surface area contributed by atoms with E-state index in [0.29, 0.717) is 25.6 Å². The number of halogens is 2. The van der Waals surface area contributed by atoms with E-state index >= 15 is 0 Å². The van der Waals surface area contributed by atoms with Gasteiger partial charge in [-0.25, -0.2) is 8.78 Å². The minimum atomic E-state index is -1.00. The number of nitrogens with one attached hydrogen (secondary N) is 1. The SMILES string of the molecule is O=C(NCCCCC1CCN(C(=O)c2ccc(F)c(F)c2)CC1)C1C=c2cnccc2=N1. The molecule has 0 spiro atoms. The molecule has 1 fully saturated rings. The van der Waals surface area contributed by atoms with Crippen molar-refractivity contribution in [1.29, 1.82) is 0 Å². The first-order chi connectivity index (χ1) is 15.5. The number of pyridine rings is 1. The van der Waals surface area contributed by atoms with Crippen LogP contribution in [0.4, 0.5) is 8.78 Å². The van der Waals surface area contributed by atoms with Gasteiger partial charge in [0.1, 0.15) is 6.04 Å². The van der Waals surface area contributed by atoms with Gasteiger partial charge in [-0.3, -0.25) is 19.6 Å². The van der Waals surface area contributed by atoms with Crippen LogP contribution in [0.25, 0.3) is 6.08 Å². The lowest BCUT2D eigenvalue weighted by molar-refractivity contribution is -0.121. The topological polar surface area (TPSA) is 74.7 Å². The maximum absolute atomic E-state index is 13.4. The summed E-state index contributed by atoms with van der Waals surface area (Å²) in [6, 6.07) is 4.60. The van der Waals surface area contributed by atoms with Gasteiger partial charge >= 0.3 is 0 Å². The lowest BCUT2D eigenvalue weighted by Crippen LogP contribution is -2.38. The van der Waals surface area contributed by atoms with E-state index in [0.717, 1.165) is 54.8 Å². The highest BCUT2D eigenvalue weighted by molar-refractivity contribution is 5.94. The number of likely N-dealkylation sites (tertiary alicyclic amines) is 1. The summed E-state index contributed by atoms with van der Waals surface area (Å²) in [6.45, 7) is 1.85. The van der Waals surface area contributed by atoms with Gasteiger partial charge in [-0.15, -0.1) is 0 Å². The van der Waals surface area contributed by atoms with Gasteiger partial charge in [0.05, 0.1) is 5.36 Å². The van der Waals surface area contributed by atoms with Gasteiger partial charge in [0, 0.05) is 42.8 Å². The Kier molecular flexibility index (Phi) is 6.87. The molecule has 6 nitrogen and oxygen atoms in total. The fourth-order valence-corrected chi connectivity index (χ4v) is 4.25. The fraction of sp³-hybridized carbons (Fsp3) is 0.417. The lowest BCUT2D eigenvalue weighted by atomic mass is 9.91. The molecule has 1 saturated heterocycles. The standard InChI is InChI=1S/C24H26F2N4O2/c25-19-5-4-17(13-20(19)26)24(32)30-11-7-16(8-12-30)3-1-2-9-28-23(31)22-14-18-15-27-10-6-21(18)29-22/h4-6,10,13-16,22H,1-3,7-9,11-12H2,(H,28,31). The number of carbonyl (C=O) groups is 2. The smallest absolute Gasteiger partial charge is 0.253 e. The highest BCUT2D eigenvalue weighted by Gasteiger charge is 2.24. The summed E-state index contributed by atoms with van der Waals surface area (Å²) in [6.07, 6.45) is 9.92. The average molecular weight is 440 g/mol. The van der Waals surface area contributed by atoms with Gasteiger partial charge in [-0.1, -0.05) is 12.8 Å². The third-order valence-corrected chi connectivity index (χ3v) is 6.12. The fourth-order valence-electron chi connectivity index (χ4n) is 4.25. The van der Waals surface area contributed by atoms with Crippen molar-refractivity contribution < 1.29 is 18.4 Å². The molecule has 0 saturated carbocycles. The monoisotopic (exact) mass is 440 g/mol. The van der Waals surface area contributed by atoms with Crippen molar-refractivity contribution in [3.63, 3.8) is 0 Å². The van der Waals surface area contributed by atoms with Crippen LogP contribution in [0.15, 0.2) is 41.7 Å². The van der Waals surface area contributed by atoms with E-state index in [1.165, 1.54) is 6.07 Å². The van der Waals surface area contributed by atoms with Crippen LogP contribution in [0.5, 0.6) is 0 Å². The van der Waals surface area contributed by atoms with Crippen LogP contribution in [-0.2, 0) is 4.79 Å². The minimum absolute atomic E-state index is 0.0924. The Bertz CT molecular complexity index is 1080. The minimum Gasteiger partial charge on any atom is -0.354 e. The molecule has 3 heterocycles. The number of fused-ring (bicyclic) bond motifs is 1. The summed E-state index contributed by atoms with van der Waals surface area (Å²) in [5.74, 6) is -1.77. The zero-order valence-electron chi connectivity index (χ0n) is 17.8. The van der Waals surface area contributed by atoms with Gasteiger partial charge in [-0.05, 0) is 55.5 Å². The second-order valence-electron chi connectivity index (χ2n) is 8.33. The summed E-state index contributed by atoms with van der Waals surface area (Å²) < 4.78 is 26.5. The molecular formula is C24H26F2N4O2. The first-order valence-electron chi connectivity index (χ1n) is 11.0. The molecule has 2 aliphatic heterocycles. The molecule has 168 valence electrons. The Morgan fingerprint density at radius 1 is 1.09 bits per heavy atom. The normalized spacial score (nSPS) is 17.9. The number of rotatable bonds is 7. The largest absolute Gasteiger partial charge is 0.354 e. The quantitative estimate of drug-likeness (QED) is 0.669. The Morgan fingerprint density at radius 2 is 1.91 bits per heavy atom. The summed E-state index contributed by atoms with van der Waals surface area (Å²) in [4.78, 5) is 34.9. The van der Waals surface area contributed by atoms with Crippen LogP contribution in [-0.4, -0.2) is 47.4 Å². The Labute approximate surface area is 185 Å². The van der Waals surface area contributed by atoms with Gasteiger partial charge in [-0.2, -0.15) is 0 Å². The van der Waals surface area contributed by atoms with Gasteiger partial charge in [0.25, 0.3) is 5.91 Å². The lowest BCUT2D eigenvalue weighted by Gasteiger charge is -2.32. The molecule has 1 unspecified atom stereocenters. The van der Waals surface area contributed by atoms with Crippen molar-refractivity contribution in [3.8, 4) is 0 Å². The molecule has 0 radical (unpaired) electrons. The predicted octanol–water partition coefficient (Wildman–Crippen LogP) is 1.98. The van der Waals surface area contributed by atoms with Crippen molar-refractivity contribution in [3.05, 3.63) is 64.4 Å². The molecule has 32 heavy (non-hydrogen) atoms. The molecule has 0 aliphatic carbocycles. The van der Waals surface area contributed by atoms with E-state index < -0.39 is 17.7 Å². The number of aromatic nitrogens is 1. The predicted molar refractivity (Wildman–Crippen MR) is 115 cm³/mol. The summed E-state index contributed by atoms with van der Waals surface area (Å²) in [5, 5.41) is 4.64. The molecular weight excluding hydrogens is 414 g/mol. The number of amides is 2. The van der Waals surface area contributed by atoms with Crippen molar-refractivity contribution >= 4 is 17.9 Å². The zero-order chi connectivity index (χ0) is 22.5. The molecule has 4 rings (SSSR count). The second kappa shape index (κ2) is 9.97. The van der Waals surface area contributed by atoms with Crippen LogP contribution in [0.1, 0.15) is 42.5 Å². The summed E-state index contributed by atoms with van der Waals surface area (Å²) >= 11 is 0. The zero-order valence-corrected chi connectivity index (χ0v) is 17.8. The molecule has 8 heteroatoms. The van der Waals surface area contributed by atoms with Crippen LogP contribution >= 0.6 is 0 Å². The van der Waals surface area contributed by atoms with Crippen LogP contribution in [0.3, 0.4) is 0 Å². The number of piperidine rings is 1. The summed E-state index contributed by atoms with van der Waals surface area (Å²) in [5.41, 5.74) is 0.184. The number of carbonyl (C=O) groups excluding carboxylic acids is 2. The first kappa shape index (κ1) is 22.0. The number of benzene rings is 1. The Hall–Kier alpha value is -3.16. The van der Waals surface area contributed by atoms with E-state index in [2.05, 4.69) is 15.3 Å². The van der Waals surface area contributed by atoms with Crippen molar-refractivity contribution in [1.82, 2.24) is 15.2 Å². The molecule has 1 N–H and O–H groups in total. The van der Waals surface area contributed by atoms with E-state index in [1.54, 1.807) is 23.4 Å². The van der Waals surface area contributed by atoms with Crippen molar-refractivity contribution in [2.45, 2.75) is 38.1 Å². The number of nitrogens with zero attached hydrogens (tertiary/aromatic N) is 3. The maximum atomic E-state index is 13.4. The van der Waals surface area contributed by atoms with Gasteiger partial charge in [0.2, 0.25) is 5.91 Å². The first-order valence-corrected chi connectivity index (χ1v) is 11.0. The van der Waals surface area contributed by atoms with Crippen LogP contribution < -0.4 is 15.9 Å². The molecule has 2 aliphatic rings. The molecule has 2 amide bonds. The molecule has 1 atom stereocenters. The van der Waals surface area contributed by atoms with E-state index in [1.807, 2.05) is 6.08 Å². The summed E-state index contributed by atoms with van der Waals surface area (Å²) in [7, 11) is 0. The average Bonchev–Trinajstić information content (AvgIpc) is 3.25. The van der Waals surface area contributed by atoms with Gasteiger partial charge in [0.15, 0.2) is 11.6 Å². The van der Waals surface area contributed by atoms with Crippen LogP contribution in [0, 0.1) is 17.6 Å². The maximum Gasteiger partial charge on any atom is 0.253 e. The highest BCUT2D eigenvalue weighted by Crippen LogP contribution is 2.24. The number of unbranched alkanes of at least 4 members (excludes halogenated alkanes) is 1. The number of hydrogen-bond acceptors (Lipinski definition) is 4. The Balaban J connectivity index is 1.13.